The minimum absolute atomic E-state index is 0.0557. The first kappa shape index (κ1) is 18.2. The molecule has 1 N–H and O–H groups in total. The van der Waals surface area contributed by atoms with Crippen molar-refractivity contribution in [3.63, 3.8) is 0 Å². The molecule has 2 amide bonds. The summed E-state index contributed by atoms with van der Waals surface area (Å²) < 4.78 is 0. The Morgan fingerprint density at radius 2 is 1.92 bits per heavy atom. The van der Waals surface area contributed by atoms with E-state index in [0.717, 1.165) is 12.0 Å². The Morgan fingerprint density at radius 1 is 1.21 bits per heavy atom. The zero-order valence-electron chi connectivity index (χ0n) is 14.4. The number of hydrogen-bond acceptors (Lipinski definition) is 3. The summed E-state index contributed by atoms with van der Waals surface area (Å²) in [5.41, 5.74) is 1.67. The first-order valence-electron chi connectivity index (χ1n) is 8.15. The van der Waals surface area contributed by atoms with Gasteiger partial charge in [-0.15, -0.1) is 0 Å². The number of hydrogen-bond donors (Lipinski definition) is 1. The molecule has 0 unspecified atom stereocenters. The molecule has 0 aliphatic rings. The van der Waals surface area contributed by atoms with Gasteiger partial charge in [0.2, 0.25) is 5.91 Å². The molecule has 0 saturated heterocycles. The molecule has 24 heavy (non-hydrogen) atoms. The third-order valence-corrected chi connectivity index (χ3v) is 4.91. The third-order valence-electron chi connectivity index (χ3n) is 4.18. The molecule has 2 atom stereocenters. The highest BCUT2D eigenvalue weighted by molar-refractivity contribution is 7.07. The summed E-state index contributed by atoms with van der Waals surface area (Å²) in [5.74, 6) is -0.201. The number of carbonyl (C=O) groups is 2. The van der Waals surface area contributed by atoms with E-state index in [1.807, 2.05) is 48.9 Å². The van der Waals surface area contributed by atoms with Crippen molar-refractivity contribution in [1.29, 1.82) is 0 Å². The summed E-state index contributed by atoms with van der Waals surface area (Å²) in [4.78, 5) is 27.0. The van der Waals surface area contributed by atoms with Crippen LogP contribution in [0.15, 0.2) is 47.2 Å². The summed E-state index contributed by atoms with van der Waals surface area (Å²) in [7, 11) is 1.78. The van der Waals surface area contributed by atoms with Crippen LogP contribution >= 0.6 is 11.3 Å². The number of thiophene rings is 1. The maximum Gasteiger partial charge on any atom is 0.251 e. The van der Waals surface area contributed by atoms with Gasteiger partial charge in [0.25, 0.3) is 5.91 Å². The highest BCUT2D eigenvalue weighted by Crippen LogP contribution is 2.14. The van der Waals surface area contributed by atoms with E-state index < -0.39 is 6.04 Å². The Morgan fingerprint density at radius 3 is 2.50 bits per heavy atom. The number of amides is 2. The van der Waals surface area contributed by atoms with E-state index in [-0.39, 0.29) is 17.7 Å². The normalized spacial score (nSPS) is 13.1. The van der Waals surface area contributed by atoms with Crippen LogP contribution in [-0.4, -0.2) is 29.8 Å². The second-order valence-corrected chi connectivity index (χ2v) is 6.81. The van der Waals surface area contributed by atoms with Crippen LogP contribution in [0, 0.1) is 5.92 Å². The molecule has 4 nitrogen and oxygen atoms in total. The van der Waals surface area contributed by atoms with Crippen LogP contribution in [0.5, 0.6) is 0 Å². The van der Waals surface area contributed by atoms with Crippen molar-refractivity contribution < 1.29 is 9.59 Å². The van der Waals surface area contributed by atoms with Gasteiger partial charge in [0.1, 0.15) is 6.04 Å². The molecule has 0 spiro atoms. The van der Waals surface area contributed by atoms with Crippen LogP contribution in [0.2, 0.25) is 0 Å². The van der Waals surface area contributed by atoms with Crippen molar-refractivity contribution in [2.45, 2.75) is 32.9 Å². The SMILES string of the molecule is CC[C@@H](C)[C@@H](NC(=O)c1ccccc1)C(=O)N(C)Cc1ccsc1. The van der Waals surface area contributed by atoms with Crippen molar-refractivity contribution in [2.75, 3.05) is 7.05 Å². The van der Waals surface area contributed by atoms with Crippen molar-refractivity contribution in [3.8, 4) is 0 Å². The van der Waals surface area contributed by atoms with Crippen LogP contribution in [0.4, 0.5) is 0 Å². The average molecular weight is 344 g/mol. The lowest BCUT2D eigenvalue weighted by Crippen LogP contribution is -2.50. The van der Waals surface area contributed by atoms with Crippen LogP contribution < -0.4 is 5.32 Å². The lowest BCUT2D eigenvalue weighted by molar-refractivity contribution is -0.133. The van der Waals surface area contributed by atoms with Gasteiger partial charge in [-0.2, -0.15) is 11.3 Å². The fraction of sp³-hybridized carbons (Fsp3) is 0.368. The van der Waals surface area contributed by atoms with Gasteiger partial charge in [0.05, 0.1) is 0 Å². The molecule has 0 fully saturated rings. The Labute approximate surface area is 147 Å². The van der Waals surface area contributed by atoms with Gasteiger partial charge < -0.3 is 10.2 Å². The predicted molar refractivity (Wildman–Crippen MR) is 97.9 cm³/mol. The predicted octanol–water partition coefficient (Wildman–Crippen LogP) is 3.55. The molecule has 0 aliphatic carbocycles. The van der Waals surface area contributed by atoms with Gasteiger partial charge in [-0.05, 0) is 40.4 Å². The number of likely N-dealkylation sites (N-methyl/N-ethyl adjacent to an activating group) is 1. The van der Waals surface area contributed by atoms with Crippen molar-refractivity contribution in [3.05, 3.63) is 58.3 Å². The molecular weight excluding hydrogens is 320 g/mol. The number of rotatable bonds is 7. The number of carbonyl (C=O) groups excluding carboxylic acids is 2. The second kappa shape index (κ2) is 8.64. The molecule has 2 rings (SSSR count). The lowest BCUT2D eigenvalue weighted by Gasteiger charge is -2.28. The van der Waals surface area contributed by atoms with E-state index in [1.165, 1.54) is 0 Å². The van der Waals surface area contributed by atoms with E-state index in [9.17, 15) is 9.59 Å². The summed E-state index contributed by atoms with van der Waals surface area (Å²) in [5, 5.41) is 6.95. The van der Waals surface area contributed by atoms with Crippen LogP contribution in [0.3, 0.4) is 0 Å². The lowest BCUT2D eigenvalue weighted by atomic mass is 9.97. The molecule has 1 aromatic heterocycles. The van der Waals surface area contributed by atoms with Crippen molar-refractivity contribution in [2.24, 2.45) is 5.92 Å². The van der Waals surface area contributed by atoms with E-state index in [0.29, 0.717) is 12.1 Å². The molecule has 2 aromatic rings. The van der Waals surface area contributed by atoms with Gasteiger partial charge in [-0.3, -0.25) is 9.59 Å². The summed E-state index contributed by atoms with van der Waals surface area (Å²) in [6, 6.07) is 10.5. The fourth-order valence-electron chi connectivity index (χ4n) is 2.47. The zero-order chi connectivity index (χ0) is 17.5. The van der Waals surface area contributed by atoms with E-state index in [1.54, 1.807) is 35.4 Å². The molecule has 0 bridgehead atoms. The number of nitrogens with zero attached hydrogens (tertiary/aromatic N) is 1. The van der Waals surface area contributed by atoms with Crippen LogP contribution in [0.25, 0.3) is 0 Å². The number of benzene rings is 1. The maximum absolute atomic E-state index is 12.9. The summed E-state index contributed by atoms with van der Waals surface area (Å²) in [6.45, 7) is 4.57. The second-order valence-electron chi connectivity index (χ2n) is 6.03. The molecule has 128 valence electrons. The Hall–Kier alpha value is -2.14. The summed E-state index contributed by atoms with van der Waals surface area (Å²) >= 11 is 1.61. The third kappa shape index (κ3) is 4.68. The van der Waals surface area contributed by atoms with Crippen molar-refractivity contribution >= 4 is 23.2 Å². The molecule has 1 heterocycles. The Bertz CT molecular complexity index is 655. The smallest absolute Gasteiger partial charge is 0.251 e. The molecule has 0 saturated carbocycles. The van der Waals surface area contributed by atoms with E-state index >= 15 is 0 Å². The standard InChI is InChI=1S/C19H24N2O2S/c1-4-14(2)17(20-18(22)16-8-6-5-7-9-16)19(23)21(3)12-15-10-11-24-13-15/h5-11,13-14,17H,4,12H2,1-3H3,(H,20,22)/t14-,17-/m1/s1. The fourth-order valence-corrected chi connectivity index (χ4v) is 3.13. The first-order valence-corrected chi connectivity index (χ1v) is 9.09. The maximum atomic E-state index is 12.9. The van der Waals surface area contributed by atoms with Gasteiger partial charge in [0, 0.05) is 19.2 Å². The van der Waals surface area contributed by atoms with Crippen LogP contribution in [0.1, 0.15) is 36.2 Å². The van der Waals surface area contributed by atoms with E-state index in [4.69, 9.17) is 0 Å². The monoisotopic (exact) mass is 344 g/mol. The quantitative estimate of drug-likeness (QED) is 0.835. The molecule has 0 radical (unpaired) electrons. The highest BCUT2D eigenvalue weighted by atomic mass is 32.1. The zero-order valence-corrected chi connectivity index (χ0v) is 15.2. The summed E-state index contributed by atoms with van der Waals surface area (Å²) in [6.07, 6.45) is 0.817. The van der Waals surface area contributed by atoms with Gasteiger partial charge in [-0.25, -0.2) is 0 Å². The minimum Gasteiger partial charge on any atom is -0.340 e. The largest absolute Gasteiger partial charge is 0.340 e. The van der Waals surface area contributed by atoms with Gasteiger partial charge in [0.15, 0.2) is 0 Å². The van der Waals surface area contributed by atoms with Gasteiger partial charge >= 0.3 is 0 Å². The molecule has 1 aromatic carbocycles. The van der Waals surface area contributed by atoms with Gasteiger partial charge in [-0.1, -0.05) is 38.5 Å². The Balaban J connectivity index is 2.09. The van der Waals surface area contributed by atoms with Crippen LogP contribution in [-0.2, 0) is 11.3 Å². The van der Waals surface area contributed by atoms with E-state index in [2.05, 4.69) is 5.32 Å². The average Bonchev–Trinajstić information content (AvgIpc) is 3.11. The van der Waals surface area contributed by atoms with Crippen molar-refractivity contribution in [1.82, 2.24) is 10.2 Å². The topological polar surface area (TPSA) is 49.4 Å². The minimum atomic E-state index is -0.522. The molecule has 5 heteroatoms. The Kier molecular flexibility index (Phi) is 6.55. The molecule has 0 aliphatic heterocycles. The molecular formula is C19H24N2O2S. The highest BCUT2D eigenvalue weighted by Gasteiger charge is 2.28. The number of nitrogens with one attached hydrogen (secondary N) is 1. The first-order chi connectivity index (χ1) is 11.5.